The highest BCUT2D eigenvalue weighted by molar-refractivity contribution is 9.10. The number of nitrogens with zero attached hydrogens (tertiary/aromatic N) is 1. The first-order valence-electron chi connectivity index (χ1n) is 8.55. The van der Waals surface area contributed by atoms with Crippen LogP contribution in [0.15, 0.2) is 40.9 Å². The molecule has 0 heterocycles. The molecule has 6 nitrogen and oxygen atoms in total. The van der Waals surface area contributed by atoms with Crippen molar-refractivity contribution in [1.82, 2.24) is 4.90 Å². The Bertz CT molecular complexity index is 738. The number of methoxy groups -OCH3 is 2. The quantitative estimate of drug-likeness (QED) is 0.600. The molecule has 0 spiro atoms. The summed E-state index contributed by atoms with van der Waals surface area (Å²) in [7, 11) is 7.15. The van der Waals surface area contributed by atoms with E-state index in [1.807, 2.05) is 38.4 Å². The molecule has 1 amide bonds. The summed E-state index contributed by atoms with van der Waals surface area (Å²) in [4.78, 5) is 14.7. The molecule has 0 unspecified atom stereocenters. The van der Waals surface area contributed by atoms with Crippen molar-refractivity contribution in [2.45, 2.75) is 6.42 Å². The number of amides is 1. The number of hydrogen-bond donors (Lipinski definition) is 1. The van der Waals surface area contributed by atoms with E-state index >= 15 is 0 Å². The number of rotatable bonds is 9. The third kappa shape index (κ3) is 6.15. The molecule has 146 valence electrons. The van der Waals surface area contributed by atoms with Crippen LogP contribution in [0.1, 0.15) is 16.8 Å². The Morgan fingerprint density at radius 2 is 1.67 bits per heavy atom. The van der Waals surface area contributed by atoms with Crippen molar-refractivity contribution >= 4 is 27.5 Å². The van der Waals surface area contributed by atoms with Crippen LogP contribution in [-0.2, 0) is 0 Å². The standard InChI is InChI=1S/C20H25BrN2O4/c1-23(2)10-5-11-27-16-8-6-15(7-9-16)22-20(24)14-12-17(25-3)19(21)18(13-14)26-4/h6-9,12-13H,5,10-11H2,1-4H3,(H,22,24). The number of anilines is 1. The van der Waals surface area contributed by atoms with Crippen LogP contribution in [-0.4, -0.2) is 52.3 Å². The van der Waals surface area contributed by atoms with Crippen molar-refractivity contribution < 1.29 is 19.0 Å². The van der Waals surface area contributed by atoms with Gasteiger partial charge in [-0.1, -0.05) is 0 Å². The zero-order valence-electron chi connectivity index (χ0n) is 16.0. The molecule has 2 aromatic rings. The zero-order valence-corrected chi connectivity index (χ0v) is 17.6. The van der Waals surface area contributed by atoms with Gasteiger partial charge in [-0.25, -0.2) is 0 Å². The molecular weight excluding hydrogens is 412 g/mol. The van der Waals surface area contributed by atoms with Gasteiger partial charge in [0.25, 0.3) is 5.91 Å². The third-order valence-electron chi connectivity index (χ3n) is 3.84. The number of ether oxygens (including phenoxy) is 3. The summed E-state index contributed by atoms with van der Waals surface area (Å²) in [5, 5.41) is 2.86. The van der Waals surface area contributed by atoms with E-state index in [9.17, 15) is 4.79 Å². The first-order chi connectivity index (χ1) is 12.9. The molecule has 7 heteroatoms. The van der Waals surface area contributed by atoms with Crippen LogP contribution in [0.2, 0.25) is 0 Å². The van der Waals surface area contributed by atoms with E-state index in [0.29, 0.717) is 33.8 Å². The molecule has 0 saturated heterocycles. The van der Waals surface area contributed by atoms with Gasteiger partial charge in [-0.3, -0.25) is 4.79 Å². The molecule has 1 N–H and O–H groups in total. The van der Waals surface area contributed by atoms with Gasteiger partial charge >= 0.3 is 0 Å². The number of halogens is 1. The SMILES string of the molecule is COc1cc(C(=O)Nc2ccc(OCCCN(C)C)cc2)cc(OC)c1Br. The average molecular weight is 437 g/mol. The summed E-state index contributed by atoms with van der Waals surface area (Å²) in [5.41, 5.74) is 1.12. The smallest absolute Gasteiger partial charge is 0.255 e. The summed E-state index contributed by atoms with van der Waals surface area (Å²) in [6, 6.07) is 10.6. The molecule has 0 aliphatic heterocycles. The Balaban J connectivity index is 1.99. The van der Waals surface area contributed by atoms with Gasteiger partial charge in [0, 0.05) is 17.8 Å². The maximum absolute atomic E-state index is 12.5. The maximum atomic E-state index is 12.5. The number of nitrogens with one attached hydrogen (secondary N) is 1. The summed E-state index contributed by atoms with van der Waals surface area (Å²) in [6.07, 6.45) is 0.957. The van der Waals surface area contributed by atoms with Crippen molar-refractivity contribution in [3.63, 3.8) is 0 Å². The lowest BCUT2D eigenvalue weighted by Crippen LogP contribution is -2.15. The van der Waals surface area contributed by atoms with Crippen molar-refractivity contribution in [3.8, 4) is 17.2 Å². The van der Waals surface area contributed by atoms with Crippen LogP contribution in [0.4, 0.5) is 5.69 Å². The molecule has 0 aromatic heterocycles. The molecule has 0 fully saturated rings. The van der Waals surface area contributed by atoms with Gasteiger partial charge in [0.1, 0.15) is 21.7 Å². The largest absolute Gasteiger partial charge is 0.495 e. The topological polar surface area (TPSA) is 60.0 Å². The lowest BCUT2D eigenvalue weighted by molar-refractivity contribution is 0.102. The van der Waals surface area contributed by atoms with Crippen molar-refractivity contribution in [2.75, 3.05) is 46.8 Å². The Labute approximate surface area is 168 Å². The molecule has 0 aliphatic rings. The predicted octanol–water partition coefficient (Wildman–Crippen LogP) is 4.05. The van der Waals surface area contributed by atoms with Gasteiger partial charge in [-0.2, -0.15) is 0 Å². The Hall–Kier alpha value is -2.25. The van der Waals surface area contributed by atoms with Crippen LogP contribution in [0.3, 0.4) is 0 Å². The number of hydrogen-bond acceptors (Lipinski definition) is 5. The Kier molecular flexibility index (Phi) is 7.94. The van der Waals surface area contributed by atoms with Crippen LogP contribution in [0.5, 0.6) is 17.2 Å². The second kappa shape index (κ2) is 10.2. The molecule has 0 aliphatic carbocycles. The van der Waals surface area contributed by atoms with Crippen molar-refractivity contribution in [2.24, 2.45) is 0 Å². The second-order valence-corrected chi connectivity index (χ2v) is 6.97. The second-order valence-electron chi connectivity index (χ2n) is 6.18. The molecule has 0 atom stereocenters. The van der Waals surface area contributed by atoms with E-state index in [4.69, 9.17) is 14.2 Å². The maximum Gasteiger partial charge on any atom is 0.255 e. The normalized spacial score (nSPS) is 10.6. The van der Waals surface area contributed by atoms with Gasteiger partial charge in [0.15, 0.2) is 0 Å². The predicted molar refractivity (Wildman–Crippen MR) is 110 cm³/mol. The van der Waals surface area contributed by atoms with Gasteiger partial charge in [-0.05, 0) is 72.8 Å². The number of benzene rings is 2. The first kappa shape index (κ1) is 21.1. The molecule has 0 bridgehead atoms. The van der Waals surface area contributed by atoms with Crippen molar-refractivity contribution in [1.29, 1.82) is 0 Å². The van der Waals surface area contributed by atoms with Gasteiger partial charge in [-0.15, -0.1) is 0 Å². The van der Waals surface area contributed by atoms with E-state index in [1.165, 1.54) is 0 Å². The van der Waals surface area contributed by atoms with E-state index in [-0.39, 0.29) is 5.91 Å². The highest BCUT2D eigenvalue weighted by Gasteiger charge is 2.15. The first-order valence-corrected chi connectivity index (χ1v) is 9.34. The molecule has 0 radical (unpaired) electrons. The molecule has 2 rings (SSSR count). The molecular formula is C20H25BrN2O4. The monoisotopic (exact) mass is 436 g/mol. The summed E-state index contributed by atoms with van der Waals surface area (Å²) >= 11 is 3.40. The van der Waals surface area contributed by atoms with Crippen LogP contribution < -0.4 is 19.5 Å². The third-order valence-corrected chi connectivity index (χ3v) is 4.62. The highest BCUT2D eigenvalue weighted by atomic mass is 79.9. The lowest BCUT2D eigenvalue weighted by Gasteiger charge is -2.12. The number of carbonyl (C=O) groups excluding carboxylic acids is 1. The average Bonchev–Trinajstić information content (AvgIpc) is 2.66. The number of carbonyl (C=O) groups is 1. The molecule has 2 aromatic carbocycles. The van der Waals surface area contributed by atoms with Gasteiger partial charge in [0.05, 0.1) is 20.8 Å². The summed E-state index contributed by atoms with van der Waals surface area (Å²) in [5.74, 6) is 1.58. The minimum absolute atomic E-state index is 0.251. The summed E-state index contributed by atoms with van der Waals surface area (Å²) < 4.78 is 16.9. The lowest BCUT2D eigenvalue weighted by atomic mass is 10.1. The zero-order chi connectivity index (χ0) is 19.8. The van der Waals surface area contributed by atoms with E-state index < -0.39 is 0 Å². The fourth-order valence-electron chi connectivity index (χ4n) is 2.41. The van der Waals surface area contributed by atoms with Gasteiger partial charge < -0.3 is 24.4 Å². The van der Waals surface area contributed by atoms with Crippen LogP contribution in [0.25, 0.3) is 0 Å². The minimum atomic E-state index is -0.251. The Morgan fingerprint density at radius 3 is 2.19 bits per heavy atom. The Morgan fingerprint density at radius 1 is 1.07 bits per heavy atom. The van der Waals surface area contributed by atoms with E-state index in [0.717, 1.165) is 18.7 Å². The van der Waals surface area contributed by atoms with Crippen molar-refractivity contribution in [3.05, 3.63) is 46.4 Å². The molecule has 27 heavy (non-hydrogen) atoms. The van der Waals surface area contributed by atoms with E-state index in [2.05, 4.69) is 26.1 Å². The minimum Gasteiger partial charge on any atom is -0.495 e. The fraction of sp³-hybridized carbons (Fsp3) is 0.350. The highest BCUT2D eigenvalue weighted by Crippen LogP contribution is 2.35. The van der Waals surface area contributed by atoms with Crippen LogP contribution >= 0.6 is 15.9 Å². The molecule has 0 saturated carbocycles. The van der Waals surface area contributed by atoms with Gasteiger partial charge in [0.2, 0.25) is 0 Å². The van der Waals surface area contributed by atoms with E-state index in [1.54, 1.807) is 26.4 Å². The van der Waals surface area contributed by atoms with Crippen LogP contribution in [0, 0.1) is 0 Å². The summed E-state index contributed by atoms with van der Waals surface area (Å²) in [6.45, 7) is 1.64. The fourth-order valence-corrected chi connectivity index (χ4v) is 2.96.